The number of hydrogen-bond donors (Lipinski definition) is 0. The molecule has 4 aromatic rings. The fraction of sp³-hybridized carbons (Fsp3) is 0.310. The van der Waals surface area contributed by atoms with Crippen molar-refractivity contribution in [3.63, 3.8) is 0 Å². The first-order chi connectivity index (χ1) is 18.6. The van der Waals surface area contributed by atoms with Gasteiger partial charge in [-0.15, -0.1) is 0 Å². The molecule has 2 aromatic heterocycles. The van der Waals surface area contributed by atoms with Gasteiger partial charge in [0.15, 0.2) is 22.8 Å². The van der Waals surface area contributed by atoms with E-state index in [1.54, 1.807) is 31.0 Å². The second-order valence-electron chi connectivity index (χ2n) is 9.72. The zero-order chi connectivity index (χ0) is 26.2. The van der Waals surface area contributed by atoms with Gasteiger partial charge in [-0.25, -0.2) is 9.50 Å². The minimum atomic E-state index is -0.147. The molecule has 1 aliphatic heterocycles. The van der Waals surface area contributed by atoms with E-state index in [1.807, 2.05) is 64.4 Å². The maximum atomic E-state index is 13.6. The van der Waals surface area contributed by atoms with Crippen molar-refractivity contribution in [1.29, 1.82) is 0 Å². The van der Waals surface area contributed by atoms with Crippen molar-refractivity contribution < 1.29 is 19.1 Å². The van der Waals surface area contributed by atoms with E-state index in [2.05, 4.69) is 10.1 Å². The molecule has 1 unspecified atom stereocenters. The minimum Gasteiger partial charge on any atom is -0.493 e. The zero-order valence-electron chi connectivity index (χ0n) is 21.4. The molecular weight excluding hydrogens is 482 g/mol. The molecule has 194 valence electrons. The largest absolute Gasteiger partial charge is 0.493 e. The highest BCUT2D eigenvalue weighted by atomic mass is 16.5. The molecular formula is C29H29N5O4. The van der Waals surface area contributed by atoms with Gasteiger partial charge in [0.1, 0.15) is 0 Å². The van der Waals surface area contributed by atoms with Gasteiger partial charge in [0.25, 0.3) is 11.8 Å². The normalized spacial score (nSPS) is 17.5. The van der Waals surface area contributed by atoms with Crippen molar-refractivity contribution in [2.24, 2.45) is 5.92 Å². The highest BCUT2D eigenvalue weighted by Crippen LogP contribution is 2.38. The van der Waals surface area contributed by atoms with Gasteiger partial charge in [-0.05, 0) is 55.2 Å². The molecule has 9 heteroatoms. The van der Waals surface area contributed by atoms with E-state index >= 15 is 0 Å². The van der Waals surface area contributed by atoms with E-state index in [9.17, 15) is 9.59 Å². The predicted molar refractivity (Wildman–Crippen MR) is 141 cm³/mol. The van der Waals surface area contributed by atoms with E-state index in [0.717, 1.165) is 24.1 Å². The van der Waals surface area contributed by atoms with Crippen LogP contribution in [-0.2, 0) is 0 Å². The summed E-state index contributed by atoms with van der Waals surface area (Å²) in [5.74, 6) is 1.55. The van der Waals surface area contributed by atoms with Crippen LogP contribution in [0.1, 0.15) is 33.7 Å². The van der Waals surface area contributed by atoms with Crippen LogP contribution in [-0.4, -0.2) is 76.1 Å². The summed E-state index contributed by atoms with van der Waals surface area (Å²) in [5.41, 5.74) is 3.25. The van der Waals surface area contributed by atoms with Crippen LogP contribution in [0.4, 0.5) is 0 Å². The maximum absolute atomic E-state index is 13.6. The third-order valence-corrected chi connectivity index (χ3v) is 7.41. The van der Waals surface area contributed by atoms with Gasteiger partial charge in [-0.2, -0.15) is 5.10 Å². The molecule has 3 heterocycles. The molecule has 38 heavy (non-hydrogen) atoms. The molecule has 1 aliphatic carbocycles. The molecule has 1 saturated heterocycles. The summed E-state index contributed by atoms with van der Waals surface area (Å²) >= 11 is 0. The van der Waals surface area contributed by atoms with Gasteiger partial charge in [0.2, 0.25) is 0 Å². The first-order valence-electron chi connectivity index (χ1n) is 12.8. The first kappa shape index (κ1) is 24.0. The van der Waals surface area contributed by atoms with Gasteiger partial charge in [0.05, 0.1) is 26.0 Å². The molecule has 2 aliphatic rings. The summed E-state index contributed by atoms with van der Waals surface area (Å²) in [4.78, 5) is 35.1. The summed E-state index contributed by atoms with van der Waals surface area (Å²) in [7, 11) is 3.19. The predicted octanol–water partition coefficient (Wildman–Crippen LogP) is 3.79. The molecule has 0 N–H and O–H groups in total. The van der Waals surface area contributed by atoms with E-state index < -0.39 is 0 Å². The molecule has 2 aromatic carbocycles. The molecule has 1 saturated carbocycles. The number of carbonyl (C=O) groups is 2. The Balaban J connectivity index is 1.26. The Hall–Kier alpha value is -4.40. The lowest BCUT2D eigenvalue weighted by Gasteiger charge is -2.41. The minimum absolute atomic E-state index is 0.0119. The summed E-state index contributed by atoms with van der Waals surface area (Å²) in [5, 5.41) is 4.66. The molecule has 0 spiro atoms. The number of amides is 2. The number of methoxy groups -OCH3 is 2. The van der Waals surface area contributed by atoms with Crippen molar-refractivity contribution in [2.75, 3.05) is 33.9 Å². The van der Waals surface area contributed by atoms with Crippen LogP contribution >= 0.6 is 0 Å². The Morgan fingerprint density at radius 1 is 0.895 bits per heavy atom. The highest BCUT2D eigenvalue weighted by Gasteiger charge is 2.42. The van der Waals surface area contributed by atoms with Crippen molar-refractivity contribution in [3.8, 4) is 22.8 Å². The zero-order valence-corrected chi connectivity index (χ0v) is 21.4. The van der Waals surface area contributed by atoms with Gasteiger partial charge in [-0.1, -0.05) is 18.2 Å². The van der Waals surface area contributed by atoms with Gasteiger partial charge >= 0.3 is 0 Å². The fourth-order valence-corrected chi connectivity index (χ4v) is 5.25. The molecule has 6 rings (SSSR count). The van der Waals surface area contributed by atoms with Crippen molar-refractivity contribution in [1.82, 2.24) is 24.4 Å². The van der Waals surface area contributed by atoms with E-state index in [4.69, 9.17) is 9.47 Å². The third kappa shape index (κ3) is 4.34. The lowest BCUT2D eigenvalue weighted by Crippen LogP contribution is -2.57. The van der Waals surface area contributed by atoms with E-state index in [1.165, 1.54) is 0 Å². The molecule has 2 fully saturated rings. The van der Waals surface area contributed by atoms with Crippen LogP contribution in [0.5, 0.6) is 11.5 Å². The van der Waals surface area contributed by atoms with Crippen LogP contribution in [0.2, 0.25) is 0 Å². The molecule has 0 bridgehead atoms. The van der Waals surface area contributed by atoms with Crippen LogP contribution in [0.25, 0.3) is 16.9 Å². The van der Waals surface area contributed by atoms with Crippen LogP contribution in [0, 0.1) is 5.92 Å². The smallest absolute Gasteiger partial charge is 0.274 e. The van der Waals surface area contributed by atoms with Crippen LogP contribution < -0.4 is 9.47 Å². The highest BCUT2D eigenvalue weighted by molar-refractivity contribution is 5.96. The van der Waals surface area contributed by atoms with Crippen LogP contribution in [0.3, 0.4) is 0 Å². The SMILES string of the molecule is COc1ccc(-c2ccnc3cc(C(=O)N4CCN(C(=O)c5ccccc5)C(C5CC5)C4)nn23)cc1OC. The number of ether oxygens (including phenoxy) is 2. The summed E-state index contributed by atoms with van der Waals surface area (Å²) in [6.45, 7) is 1.47. The Kier molecular flexibility index (Phi) is 6.19. The lowest BCUT2D eigenvalue weighted by molar-refractivity contribution is 0.0345. The molecule has 0 radical (unpaired) electrons. The quantitative estimate of drug-likeness (QED) is 0.391. The molecule has 9 nitrogen and oxygen atoms in total. The summed E-state index contributed by atoms with van der Waals surface area (Å²) in [6, 6.07) is 18.6. The van der Waals surface area contributed by atoms with Gasteiger partial charge in [-0.3, -0.25) is 9.59 Å². The maximum Gasteiger partial charge on any atom is 0.274 e. The third-order valence-electron chi connectivity index (χ3n) is 7.41. The van der Waals surface area contributed by atoms with Crippen molar-refractivity contribution >= 4 is 17.5 Å². The van der Waals surface area contributed by atoms with Crippen LogP contribution in [0.15, 0.2) is 66.9 Å². The van der Waals surface area contributed by atoms with Crippen molar-refractivity contribution in [3.05, 3.63) is 78.1 Å². The van der Waals surface area contributed by atoms with E-state index in [0.29, 0.717) is 54.0 Å². The molecule has 2 amide bonds. The standard InChI is InChI=1S/C29H29N5O4/c1-37-25-11-10-21(16-26(25)38-2)23-12-13-30-27-17-22(31-34(23)27)29(36)32-14-15-33(24(18-32)19-8-9-19)28(35)20-6-4-3-5-7-20/h3-7,10-13,16-17,19,24H,8-9,14-15,18H2,1-2H3. The van der Waals surface area contributed by atoms with Crippen molar-refractivity contribution in [2.45, 2.75) is 18.9 Å². The number of fused-ring (bicyclic) bond motifs is 1. The number of piperazine rings is 1. The topological polar surface area (TPSA) is 89.3 Å². The fourth-order valence-electron chi connectivity index (χ4n) is 5.25. The first-order valence-corrected chi connectivity index (χ1v) is 12.8. The second kappa shape index (κ2) is 9.81. The number of benzene rings is 2. The van der Waals surface area contributed by atoms with Gasteiger partial charge in [0, 0.05) is 43.0 Å². The number of hydrogen-bond acceptors (Lipinski definition) is 6. The Morgan fingerprint density at radius 2 is 1.68 bits per heavy atom. The monoisotopic (exact) mass is 511 g/mol. The number of carbonyl (C=O) groups excluding carboxylic acids is 2. The molecule has 1 atom stereocenters. The van der Waals surface area contributed by atoms with Gasteiger partial charge < -0.3 is 19.3 Å². The summed E-state index contributed by atoms with van der Waals surface area (Å²) < 4.78 is 12.5. The average Bonchev–Trinajstić information content (AvgIpc) is 3.73. The number of rotatable bonds is 6. The second-order valence-corrected chi connectivity index (χ2v) is 9.72. The Labute approximate surface area is 220 Å². The lowest BCUT2D eigenvalue weighted by atomic mass is 10.0. The number of nitrogens with zero attached hydrogens (tertiary/aromatic N) is 5. The number of aromatic nitrogens is 3. The van der Waals surface area contributed by atoms with E-state index in [-0.39, 0.29) is 17.9 Å². The Bertz CT molecular complexity index is 1500. The Morgan fingerprint density at radius 3 is 2.42 bits per heavy atom. The summed E-state index contributed by atoms with van der Waals surface area (Å²) in [6.07, 6.45) is 3.87. The average molecular weight is 512 g/mol.